The average molecular weight is 435 g/mol. The molecule has 1 aromatic heterocycles. The first-order valence-electron chi connectivity index (χ1n) is 7.59. The molecule has 0 unspecified atom stereocenters. The summed E-state index contributed by atoms with van der Waals surface area (Å²) >= 11 is 4.81. The third kappa shape index (κ3) is 4.83. The number of halogens is 1. The van der Waals surface area contributed by atoms with Gasteiger partial charge in [-0.05, 0) is 45.8 Å². The highest BCUT2D eigenvalue weighted by molar-refractivity contribution is 9.10. The molecule has 0 spiro atoms. The van der Waals surface area contributed by atoms with Gasteiger partial charge in [-0.25, -0.2) is 0 Å². The van der Waals surface area contributed by atoms with Crippen molar-refractivity contribution in [2.75, 3.05) is 12.9 Å². The zero-order valence-electron chi connectivity index (χ0n) is 13.8. The van der Waals surface area contributed by atoms with Crippen LogP contribution in [0.2, 0.25) is 0 Å². The molecule has 7 nitrogen and oxygen atoms in total. The van der Waals surface area contributed by atoms with Gasteiger partial charge in [0.25, 0.3) is 0 Å². The molecule has 3 rings (SSSR count). The maximum absolute atomic E-state index is 11.1. The van der Waals surface area contributed by atoms with E-state index in [1.54, 1.807) is 25.6 Å². The second-order valence-corrected chi connectivity index (χ2v) is 6.95. The zero-order chi connectivity index (χ0) is 18.4. The largest absolute Gasteiger partial charge is 0.493 e. The summed E-state index contributed by atoms with van der Waals surface area (Å²) in [5.74, 6) is 1.45. The Kier molecular flexibility index (Phi) is 6.24. The van der Waals surface area contributed by atoms with Gasteiger partial charge >= 0.3 is 0 Å². The molecule has 1 saturated heterocycles. The van der Waals surface area contributed by atoms with Gasteiger partial charge in [-0.15, -0.1) is 5.10 Å². The Morgan fingerprint density at radius 2 is 2.31 bits per heavy atom. The number of amides is 1. The van der Waals surface area contributed by atoms with Crippen LogP contribution < -0.4 is 14.8 Å². The summed E-state index contributed by atoms with van der Waals surface area (Å²) in [6.45, 7) is 0.327. The SMILES string of the molecule is COc1cc(C=NN=C2NC(=O)CS2)cc(Br)c1OCc1ccccn1. The highest BCUT2D eigenvalue weighted by Crippen LogP contribution is 2.36. The lowest BCUT2D eigenvalue weighted by Crippen LogP contribution is -2.19. The number of thioether (sulfide) groups is 1. The van der Waals surface area contributed by atoms with Gasteiger partial charge in [0.1, 0.15) is 6.61 Å². The second kappa shape index (κ2) is 8.81. The van der Waals surface area contributed by atoms with Crippen LogP contribution in [0, 0.1) is 0 Å². The molecule has 1 aliphatic rings. The number of ether oxygens (including phenoxy) is 2. The predicted octanol–water partition coefficient (Wildman–Crippen LogP) is 2.98. The van der Waals surface area contributed by atoms with Gasteiger partial charge in [0, 0.05) is 6.20 Å². The van der Waals surface area contributed by atoms with Crippen molar-refractivity contribution in [1.82, 2.24) is 10.3 Å². The Balaban J connectivity index is 1.73. The maximum atomic E-state index is 11.1. The standard InChI is InChI=1S/C17H15BrN4O3S/c1-24-14-7-11(8-20-22-17-21-15(23)10-26-17)6-13(18)16(14)25-9-12-4-2-3-5-19-12/h2-8H,9-10H2,1H3,(H,21,22,23). The summed E-state index contributed by atoms with van der Waals surface area (Å²) < 4.78 is 12.0. The number of carbonyl (C=O) groups excluding carboxylic acids is 1. The Bertz CT molecular complexity index is 859. The Morgan fingerprint density at radius 1 is 1.42 bits per heavy atom. The molecule has 0 saturated carbocycles. The minimum atomic E-state index is -0.0669. The fourth-order valence-electron chi connectivity index (χ4n) is 2.11. The van der Waals surface area contributed by atoms with E-state index in [1.165, 1.54) is 11.8 Å². The van der Waals surface area contributed by atoms with E-state index < -0.39 is 0 Å². The van der Waals surface area contributed by atoms with Gasteiger partial charge in [0.15, 0.2) is 16.7 Å². The number of amidine groups is 1. The number of rotatable bonds is 6. The summed E-state index contributed by atoms with van der Waals surface area (Å²) in [5, 5.41) is 11.1. The lowest BCUT2D eigenvalue weighted by Gasteiger charge is -2.13. The third-order valence-corrected chi connectivity index (χ3v) is 4.74. The van der Waals surface area contributed by atoms with E-state index >= 15 is 0 Å². The number of aromatic nitrogens is 1. The molecule has 1 aliphatic heterocycles. The van der Waals surface area contributed by atoms with E-state index in [2.05, 4.69) is 36.4 Å². The monoisotopic (exact) mass is 434 g/mol. The number of hydrogen-bond acceptors (Lipinski definition) is 7. The molecule has 0 atom stereocenters. The number of pyridine rings is 1. The maximum Gasteiger partial charge on any atom is 0.236 e. The number of benzene rings is 1. The van der Waals surface area contributed by atoms with Crippen LogP contribution >= 0.6 is 27.7 Å². The van der Waals surface area contributed by atoms with Crippen LogP contribution in [0.15, 0.2) is 51.2 Å². The fourth-order valence-corrected chi connectivity index (χ4v) is 3.32. The van der Waals surface area contributed by atoms with Crippen molar-refractivity contribution in [3.8, 4) is 11.5 Å². The highest BCUT2D eigenvalue weighted by Gasteiger charge is 2.16. The van der Waals surface area contributed by atoms with Crippen molar-refractivity contribution in [3.63, 3.8) is 0 Å². The molecule has 1 amide bonds. The lowest BCUT2D eigenvalue weighted by atomic mass is 10.2. The number of methoxy groups -OCH3 is 1. The van der Waals surface area contributed by atoms with E-state index in [-0.39, 0.29) is 5.91 Å². The van der Waals surface area contributed by atoms with E-state index in [0.717, 1.165) is 15.7 Å². The molecular weight excluding hydrogens is 420 g/mol. The van der Waals surface area contributed by atoms with Crippen LogP contribution in [0.25, 0.3) is 0 Å². The first-order valence-corrected chi connectivity index (χ1v) is 9.37. The fraction of sp³-hybridized carbons (Fsp3) is 0.176. The number of hydrogen-bond donors (Lipinski definition) is 1. The molecule has 0 aliphatic carbocycles. The molecule has 1 aromatic carbocycles. The topological polar surface area (TPSA) is 85.2 Å². The van der Waals surface area contributed by atoms with E-state index in [0.29, 0.717) is 29.0 Å². The van der Waals surface area contributed by atoms with Crippen molar-refractivity contribution in [1.29, 1.82) is 0 Å². The Labute approximate surface area is 163 Å². The minimum Gasteiger partial charge on any atom is -0.493 e. The molecule has 0 radical (unpaired) electrons. The van der Waals surface area contributed by atoms with E-state index in [9.17, 15) is 4.79 Å². The van der Waals surface area contributed by atoms with Crippen LogP contribution in [0.1, 0.15) is 11.3 Å². The molecule has 134 valence electrons. The average Bonchev–Trinajstić information content (AvgIpc) is 3.06. The van der Waals surface area contributed by atoms with Crippen LogP contribution in [0.4, 0.5) is 0 Å². The summed E-state index contributed by atoms with van der Waals surface area (Å²) in [7, 11) is 1.57. The zero-order valence-corrected chi connectivity index (χ0v) is 16.2. The molecule has 2 aromatic rings. The van der Waals surface area contributed by atoms with Crippen molar-refractivity contribution in [3.05, 3.63) is 52.3 Å². The smallest absolute Gasteiger partial charge is 0.236 e. The van der Waals surface area contributed by atoms with Crippen molar-refractivity contribution in [2.45, 2.75) is 6.61 Å². The Hall–Kier alpha value is -2.39. The summed E-state index contributed by atoms with van der Waals surface area (Å²) in [4.78, 5) is 15.3. The number of carbonyl (C=O) groups is 1. The van der Waals surface area contributed by atoms with Gasteiger partial charge in [-0.3, -0.25) is 9.78 Å². The first kappa shape index (κ1) is 18.4. The molecule has 1 fully saturated rings. The third-order valence-electron chi connectivity index (χ3n) is 3.28. The lowest BCUT2D eigenvalue weighted by molar-refractivity contribution is -0.116. The first-order chi connectivity index (χ1) is 12.7. The highest BCUT2D eigenvalue weighted by atomic mass is 79.9. The Morgan fingerprint density at radius 3 is 3.00 bits per heavy atom. The van der Waals surface area contributed by atoms with E-state index in [4.69, 9.17) is 9.47 Å². The van der Waals surface area contributed by atoms with E-state index in [1.807, 2.05) is 24.3 Å². The molecule has 1 N–H and O–H groups in total. The van der Waals surface area contributed by atoms with Crippen molar-refractivity contribution < 1.29 is 14.3 Å². The van der Waals surface area contributed by atoms with Gasteiger partial charge in [0.2, 0.25) is 5.91 Å². The van der Waals surface area contributed by atoms with Crippen LogP contribution in [0.3, 0.4) is 0 Å². The normalized spacial score (nSPS) is 15.5. The van der Waals surface area contributed by atoms with Crippen LogP contribution in [-0.4, -0.2) is 35.1 Å². The van der Waals surface area contributed by atoms with Gasteiger partial charge in [-0.2, -0.15) is 5.10 Å². The number of nitrogens with one attached hydrogen (secondary N) is 1. The quantitative estimate of drug-likeness (QED) is 0.557. The van der Waals surface area contributed by atoms with Crippen molar-refractivity contribution >= 4 is 45.0 Å². The van der Waals surface area contributed by atoms with Gasteiger partial charge in [0.05, 0.1) is 29.2 Å². The number of nitrogens with zero attached hydrogens (tertiary/aromatic N) is 3. The molecule has 26 heavy (non-hydrogen) atoms. The summed E-state index contributed by atoms with van der Waals surface area (Å²) in [5.41, 5.74) is 1.59. The van der Waals surface area contributed by atoms with Crippen molar-refractivity contribution in [2.24, 2.45) is 10.2 Å². The van der Waals surface area contributed by atoms with Crippen LogP contribution in [0.5, 0.6) is 11.5 Å². The van der Waals surface area contributed by atoms with Crippen LogP contribution in [-0.2, 0) is 11.4 Å². The minimum absolute atomic E-state index is 0.0669. The second-order valence-electron chi connectivity index (χ2n) is 5.13. The molecule has 9 heteroatoms. The molecule has 0 bridgehead atoms. The summed E-state index contributed by atoms with van der Waals surface area (Å²) in [6, 6.07) is 9.29. The predicted molar refractivity (Wildman–Crippen MR) is 105 cm³/mol. The summed E-state index contributed by atoms with van der Waals surface area (Å²) in [6.07, 6.45) is 3.30. The molecular formula is C17H15BrN4O3S. The van der Waals surface area contributed by atoms with Gasteiger partial charge in [-0.1, -0.05) is 17.8 Å². The van der Waals surface area contributed by atoms with Gasteiger partial charge < -0.3 is 14.8 Å². The molecule has 2 heterocycles.